The molecule has 2 N–H and O–H groups in total. The van der Waals surface area contributed by atoms with E-state index in [0.29, 0.717) is 28.8 Å². The highest BCUT2D eigenvalue weighted by molar-refractivity contribution is 6.00. The van der Waals surface area contributed by atoms with Gasteiger partial charge in [-0.05, 0) is 61.9 Å². The highest BCUT2D eigenvalue weighted by Gasteiger charge is 2.11. The Hall–Kier alpha value is -4.40. The van der Waals surface area contributed by atoms with Crippen molar-refractivity contribution in [2.24, 2.45) is 0 Å². The molecule has 9 nitrogen and oxygen atoms in total. The SMILES string of the molecule is COc1ccc(NC(=O)Nc2ccc(-n3cccn3)cc2C)cc1Oc1ccc(C)nn1. The number of ether oxygens (including phenoxy) is 2. The summed E-state index contributed by atoms with van der Waals surface area (Å²) in [6, 6.07) is 15.7. The van der Waals surface area contributed by atoms with Gasteiger partial charge in [0, 0.05) is 35.9 Å². The topological polar surface area (TPSA) is 103 Å². The molecule has 32 heavy (non-hydrogen) atoms. The van der Waals surface area contributed by atoms with Gasteiger partial charge in [-0.2, -0.15) is 10.2 Å². The minimum Gasteiger partial charge on any atom is -0.493 e. The first kappa shape index (κ1) is 20.9. The van der Waals surface area contributed by atoms with Crippen LogP contribution in [0.4, 0.5) is 16.2 Å². The molecule has 0 atom stereocenters. The van der Waals surface area contributed by atoms with E-state index < -0.39 is 0 Å². The summed E-state index contributed by atoms with van der Waals surface area (Å²) in [6.45, 7) is 3.76. The molecule has 0 aliphatic carbocycles. The number of benzene rings is 2. The van der Waals surface area contributed by atoms with Gasteiger partial charge in [-0.3, -0.25) is 0 Å². The number of hydrogen-bond acceptors (Lipinski definition) is 6. The second-order valence-electron chi connectivity index (χ2n) is 7.01. The van der Waals surface area contributed by atoms with Gasteiger partial charge in [-0.1, -0.05) is 0 Å². The predicted octanol–water partition coefficient (Wildman–Crippen LogP) is 4.72. The van der Waals surface area contributed by atoms with E-state index in [-0.39, 0.29) is 6.03 Å². The molecule has 4 rings (SSSR count). The lowest BCUT2D eigenvalue weighted by atomic mass is 10.2. The number of rotatable bonds is 6. The minimum atomic E-state index is -0.383. The van der Waals surface area contributed by atoms with Crippen LogP contribution in [0.2, 0.25) is 0 Å². The van der Waals surface area contributed by atoms with E-state index >= 15 is 0 Å². The van der Waals surface area contributed by atoms with Crippen LogP contribution in [0.5, 0.6) is 17.4 Å². The van der Waals surface area contributed by atoms with Crippen LogP contribution in [0.25, 0.3) is 5.69 Å². The average Bonchev–Trinajstić information content (AvgIpc) is 3.32. The Bertz CT molecular complexity index is 1220. The van der Waals surface area contributed by atoms with Crippen LogP contribution in [0.1, 0.15) is 11.3 Å². The number of aryl methyl sites for hydroxylation is 2. The Kier molecular flexibility index (Phi) is 5.98. The third-order valence-corrected chi connectivity index (χ3v) is 4.64. The molecule has 9 heteroatoms. The lowest BCUT2D eigenvalue weighted by molar-refractivity contribution is 0.262. The third-order valence-electron chi connectivity index (χ3n) is 4.64. The Morgan fingerprint density at radius 2 is 1.84 bits per heavy atom. The van der Waals surface area contributed by atoms with Crippen LogP contribution >= 0.6 is 0 Å². The zero-order valence-corrected chi connectivity index (χ0v) is 17.9. The van der Waals surface area contributed by atoms with Gasteiger partial charge < -0.3 is 20.1 Å². The van der Waals surface area contributed by atoms with Crippen molar-refractivity contribution in [1.29, 1.82) is 0 Å². The number of nitrogens with zero attached hydrogens (tertiary/aromatic N) is 4. The molecule has 0 unspecified atom stereocenters. The zero-order valence-electron chi connectivity index (χ0n) is 17.9. The summed E-state index contributed by atoms with van der Waals surface area (Å²) in [5, 5.41) is 17.9. The molecule has 4 aromatic rings. The number of amides is 2. The van der Waals surface area contributed by atoms with Crippen molar-refractivity contribution < 1.29 is 14.3 Å². The summed E-state index contributed by atoms with van der Waals surface area (Å²) in [5.41, 5.74) is 3.83. The predicted molar refractivity (Wildman–Crippen MR) is 121 cm³/mol. The van der Waals surface area contributed by atoms with E-state index in [4.69, 9.17) is 9.47 Å². The molecular weight excluding hydrogens is 408 g/mol. The molecule has 0 bridgehead atoms. The molecule has 0 spiro atoms. The molecular formula is C23H22N6O3. The van der Waals surface area contributed by atoms with Crippen molar-refractivity contribution >= 4 is 17.4 Å². The lowest BCUT2D eigenvalue weighted by Gasteiger charge is -2.14. The molecule has 2 aromatic heterocycles. The van der Waals surface area contributed by atoms with Crippen molar-refractivity contribution in [3.63, 3.8) is 0 Å². The normalized spacial score (nSPS) is 10.5. The fraction of sp³-hybridized carbons (Fsp3) is 0.130. The maximum atomic E-state index is 12.6. The molecule has 0 aliphatic heterocycles. The fourth-order valence-corrected chi connectivity index (χ4v) is 3.02. The van der Waals surface area contributed by atoms with E-state index in [0.717, 1.165) is 16.9 Å². The third kappa shape index (κ3) is 4.84. The van der Waals surface area contributed by atoms with Crippen LogP contribution in [0.3, 0.4) is 0 Å². The Morgan fingerprint density at radius 3 is 2.53 bits per heavy atom. The van der Waals surface area contributed by atoms with Crippen LogP contribution < -0.4 is 20.1 Å². The maximum absolute atomic E-state index is 12.6. The van der Waals surface area contributed by atoms with Crippen LogP contribution in [-0.4, -0.2) is 33.1 Å². The largest absolute Gasteiger partial charge is 0.493 e. The summed E-state index contributed by atoms with van der Waals surface area (Å²) in [4.78, 5) is 12.6. The quantitative estimate of drug-likeness (QED) is 0.459. The molecule has 0 saturated heterocycles. The van der Waals surface area contributed by atoms with Crippen LogP contribution in [0.15, 0.2) is 67.0 Å². The van der Waals surface area contributed by atoms with Gasteiger partial charge in [0.1, 0.15) is 0 Å². The smallest absolute Gasteiger partial charge is 0.323 e. The van der Waals surface area contributed by atoms with Gasteiger partial charge in [-0.25, -0.2) is 9.48 Å². The average molecular weight is 430 g/mol. The minimum absolute atomic E-state index is 0.323. The van der Waals surface area contributed by atoms with Crippen molar-refractivity contribution in [1.82, 2.24) is 20.0 Å². The van der Waals surface area contributed by atoms with E-state index in [9.17, 15) is 4.79 Å². The zero-order chi connectivity index (χ0) is 22.5. The lowest BCUT2D eigenvalue weighted by Crippen LogP contribution is -2.20. The van der Waals surface area contributed by atoms with E-state index in [2.05, 4.69) is 25.9 Å². The van der Waals surface area contributed by atoms with Gasteiger partial charge in [0.15, 0.2) is 11.5 Å². The van der Waals surface area contributed by atoms with Crippen molar-refractivity contribution in [3.8, 4) is 23.1 Å². The monoisotopic (exact) mass is 430 g/mol. The van der Waals surface area contributed by atoms with E-state index in [1.807, 2.05) is 44.3 Å². The standard InChI is InChI=1S/C23H22N6O3/c1-15-13-18(29-12-4-11-24-29)7-8-19(15)26-23(30)25-17-6-9-20(31-3)21(14-17)32-22-10-5-16(2)27-28-22/h4-14H,1-3H3,(H2,25,26,30). The fourth-order valence-electron chi connectivity index (χ4n) is 3.02. The summed E-state index contributed by atoms with van der Waals surface area (Å²) in [6.07, 6.45) is 3.58. The van der Waals surface area contributed by atoms with Crippen molar-refractivity contribution in [2.45, 2.75) is 13.8 Å². The molecule has 0 radical (unpaired) electrons. The first-order chi connectivity index (χ1) is 15.5. The van der Waals surface area contributed by atoms with Gasteiger partial charge >= 0.3 is 6.03 Å². The first-order valence-corrected chi connectivity index (χ1v) is 9.87. The van der Waals surface area contributed by atoms with Crippen molar-refractivity contribution in [2.75, 3.05) is 17.7 Å². The number of urea groups is 1. The van der Waals surface area contributed by atoms with E-state index in [1.165, 1.54) is 0 Å². The van der Waals surface area contributed by atoms with Crippen LogP contribution in [0, 0.1) is 13.8 Å². The van der Waals surface area contributed by atoms with Crippen LogP contribution in [-0.2, 0) is 0 Å². The summed E-state index contributed by atoms with van der Waals surface area (Å²) in [5.74, 6) is 1.23. The molecule has 0 fully saturated rings. The number of methoxy groups -OCH3 is 1. The molecule has 0 saturated carbocycles. The Labute approximate surface area is 185 Å². The number of hydrogen-bond donors (Lipinski definition) is 2. The summed E-state index contributed by atoms with van der Waals surface area (Å²) < 4.78 is 12.9. The molecule has 162 valence electrons. The molecule has 2 aromatic carbocycles. The summed E-state index contributed by atoms with van der Waals surface area (Å²) >= 11 is 0. The number of nitrogens with one attached hydrogen (secondary N) is 2. The number of anilines is 2. The highest BCUT2D eigenvalue weighted by Crippen LogP contribution is 2.33. The molecule has 0 aliphatic rings. The van der Waals surface area contributed by atoms with Gasteiger partial charge in [-0.15, -0.1) is 5.10 Å². The highest BCUT2D eigenvalue weighted by atomic mass is 16.5. The van der Waals surface area contributed by atoms with E-state index in [1.54, 1.807) is 48.3 Å². The maximum Gasteiger partial charge on any atom is 0.323 e. The number of carbonyl (C=O) groups excluding carboxylic acids is 1. The van der Waals surface area contributed by atoms with Gasteiger partial charge in [0.2, 0.25) is 5.88 Å². The Morgan fingerprint density at radius 1 is 0.969 bits per heavy atom. The molecule has 2 amide bonds. The Balaban J connectivity index is 1.46. The number of carbonyl (C=O) groups is 1. The summed E-state index contributed by atoms with van der Waals surface area (Å²) in [7, 11) is 1.54. The van der Waals surface area contributed by atoms with Gasteiger partial charge in [0.05, 0.1) is 18.5 Å². The first-order valence-electron chi connectivity index (χ1n) is 9.87. The number of aromatic nitrogens is 4. The molecule has 2 heterocycles. The second-order valence-corrected chi connectivity index (χ2v) is 7.01. The van der Waals surface area contributed by atoms with Gasteiger partial charge in [0.25, 0.3) is 0 Å². The second kappa shape index (κ2) is 9.17. The van der Waals surface area contributed by atoms with Crippen molar-refractivity contribution in [3.05, 3.63) is 78.2 Å².